The number of benzene rings is 1. The lowest BCUT2D eigenvalue weighted by molar-refractivity contribution is -0.385. The molecule has 1 aromatic carbocycles. The fourth-order valence-electron chi connectivity index (χ4n) is 1.97. The van der Waals surface area contributed by atoms with E-state index in [-0.39, 0.29) is 10.5 Å². The molecule has 0 aliphatic heterocycles. The number of rotatable bonds is 4. The summed E-state index contributed by atoms with van der Waals surface area (Å²) in [6.45, 7) is 0. The zero-order valence-corrected chi connectivity index (χ0v) is 12.5. The second kappa shape index (κ2) is 6.28. The van der Waals surface area contributed by atoms with Crippen LogP contribution in [0.1, 0.15) is 5.56 Å². The van der Waals surface area contributed by atoms with Crippen LogP contribution in [0.5, 0.6) is 0 Å². The molecule has 0 amide bonds. The Morgan fingerprint density at radius 2 is 2.00 bits per heavy atom. The molecule has 0 fully saturated rings. The number of nitro groups is 1. The first-order chi connectivity index (χ1) is 11.2. The van der Waals surface area contributed by atoms with E-state index in [0.717, 1.165) is 5.56 Å². The van der Waals surface area contributed by atoms with Crippen LogP contribution in [-0.2, 0) is 0 Å². The summed E-state index contributed by atoms with van der Waals surface area (Å²) in [5, 5.41) is 22.0. The van der Waals surface area contributed by atoms with Gasteiger partial charge in [-0.15, -0.1) is 0 Å². The van der Waals surface area contributed by atoms with Crippen LogP contribution < -0.4 is 0 Å². The second-order valence-electron chi connectivity index (χ2n) is 4.46. The molecule has 2 heterocycles. The fraction of sp³-hybridized carbons (Fsp3) is 0. The number of nitrogens with one attached hydrogen (secondary N) is 1. The monoisotopic (exact) mass is 326 g/mol. The van der Waals surface area contributed by atoms with Gasteiger partial charge in [0.05, 0.1) is 16.7 Å². The fourth-order valence-corrected chi connectivity index (χ4v) is 2.15. The van der Waals surface area contributed by atoms with Gasteiger partial charge in [-0.05, 0) is 30.4 Å². The molecule has 3 rings (SSSR count). The molecule has 0 aliphatic carbocycles. The quantitative estimate of drug-likeness (QED) is 0.344. The average molecular weight is 326 g/mol. The van der Waals surface area contributed by atoms with Crippen molar-refractivity contribution in [3.8, 4) is 11.4 Å². The number of aromatic amines is 1. The minimum atomic E-state index is -0.459. The SMILES string of the molecule is O=[N+]([O-])c1ccccc1C=Nn1c(-c2ccncc2)n[nH]c1=S. The molecule has 0 saturated heterocycles. The maximum atomic E-state index is 11.0. The van der Waals surface area contributed by atoms with Gasteiger partial charge in [-0.25, -0.2) is 5.10 Å². The molecule has 0 aliphatic rings. The average Bonchev–Trinajstić information content (AvgIpc) is 2.94. The second-order valence-corrected chi connectivity index (χ2v) is 4.85. The highest BCUT2D eigenvalue weighted by Gasteiger charge is 2.11. The summed E-state index contributed by atoms with van der Waals surface area (Å²) in [5.74, 6) is 0.493. The third kappa shape index (κ3) is 3.04. The number of para-hydroxylation sites is 1. The zero-order chi connectivity index (χ0) is 16.2. The lowest BCUT2D eigenvalue weighted by Crippen LogP contribution is -1.98. The van der Waals surface area contributed by atoms with E-state index in [9.17, 15) is 10.1 Å². The summed E-state index contributed by atoms with van der Waals surface area (Å²) in [5.41, 5.74) is 1.12. The van der Waals surface area contributed by atoms with Crippen molar-refractivity contribution in [3.05, 3.63) is 69.2 Å². The van der Waals surface area contributed by atoms with Crippen LogP contribution in [0, 0.1) is 14.9 Å². The minimum Gasteiger partial charge on any atom is -0.265 e. The molecule has 3 aromatic rings. The third-order valence-corrected chi connectivity index (χ3v) is 3.30. The molecule has 9 heteroatoms. The van der Waals surface area contributed by atoms with Gasteiger partial charge in [0, 0.05) is 24.0 Å². The number of pyridine rings is 1. The highest BCUT2D eigenvalue weighted by atomic mass is 32.1. The van der Waals surface area contributed by atoms with E-state index in [4.69, 9.17) is 12.2 Å². The number of H-pyrrole nitrogens is 1. The van der Waals surface area contributed by atoms with Crippen LogP contribution in [0.15, 0.2) is 53.9 Å². The van der Waals surface area contributed by atoms with E-state index in [0.29, 0.717) is 11.4 Å². The smallest absolute Gasteiger partial charge is 0.265 e. The van der Waals surface area contributed by atoms with Gasteiger partial charge in [-0.3, -0.25) is 15.1 Å². The summed E-state index contributed by atoms with van der Waals surface area (Å²) in [6, 6.07) is 9.86. The molecule has 0 unspecified atom stereocenters. The van der Waals surface area contributed by atoms with E-state index >= 15 is 0 Å². The lowest BCUT2D eigenvalue weighted by atomic mass is 10.2. The van der Waals surface area contributed by atoms with E-state index in [1.54, 1.807) is 42.7 Å². The number of hydrogen-bond acceptors (Lipinski definition) is 6. The standard InChI is InChI=1S/C14H10N6O2S/c21-20(22)12-4-2-1-3-11(12)9-16-19-13(17-18-14(19)23)10-5-7-15-8-6-10/h1-9H,(H,18,23). The Hall–Kier alpha value is -3.20. The number of nitrogens with zero attached hydrogens (tertiary/aromatic N) is 5. The number of aromatic nitrogens is 4. The van der Waals surface area contributed by atoms with Crippen molar-refractivity contribution in [2.24, 2.45) is 5.10 Å². The molecule has 0 saturated carbocycles. The van der Waals surface area contributed by atoms with E-state index < -0.39 is 4.92 Å². The van der Waals surface area contributed by atoms with Crippen LogP contribution in [0.2, 0.25) is 0 Å². The van der Waals surface area contributed by atoms with Gasteiger partial charge in [0.2, 0.25) is 4.77 Å². The summed E-state index contributed by atoms with van der Waals surface area (Å²) in [6.07, 6.45) is 4.64. The van der Waals surface area contributed by atoms with Crippen LogP contribution in [0.4, 0.5) is 5.69 Å². The van der Waals surface area contributed by atoms with Gasteiger partial charge in [0.25, 0.3) is 5.69 Å². The van der Waals surface area contributed by atoms with E-state index in [1.165, 1.54) is 17.0 Å². The molecule has 0 atom stereocenters. The Morgan fingerprint density at radius 3 is 2.74 bits per heavy atom. The maximum absolute atomic E-state index is 11.0. The first-order valence-corrected chi connectivity index (χ1v) is 6.93. The Balaban J connectivity index is 2.04. The molecule has 0 radical (unpaired) electrons. The van der Waals surface area contributed by atoms with E-state index in [1.807, 2.05) is 0 Å². The normalized spacial score (nSPS) is 11.0. The van der Waals surface area contributed by atoms with Crippen molar-refractivity contribution < 1.29 is 4.92 Å². The molecule has 8 nitrogen and oxygen atoms in total. The van der Waals surface area contributed by atoms with E-state index in [2.05, 4.69) is 20.3 Å². The van der Waals surface area contributed by atoms with Crippen molar-refractivity contribution in [2.75, 3.05) is 0 Å². The molecule has 2 aromatic heterocycles. The van der Waals surface area contributed by atoms with Crippen molar-refractivity contribution in [1.82, 2.24) is 19.9 Å². The predicted octanol–water partition coefficient (Wildman–Crippen LogP) is 2.79. The van der Waals surface area contributed by atoms with Crippen LogP contribution in [-0.4, -0.2) is 31.0 Å². The molecular weight excluding hydrogens is 316 g/mol. The summed E-state index contributed by atoms with van der Waals surface area (Å²) >= 11 is 5.15. The molecule has 0 spiro atoms. The van der Waals surface area contributed by atoms with Gasteiger partial charge in [0.15, 0.2) is 5.82 Å². The zero-order valence-electron chi connectivity index (χ0n) is 11.7. The van der Waals surface area contributed by atoms with Gasteiger partial charge in [0.1, 0.15) is 0 Å². The van der Waals surface area contributed by atoms with Gasteiger partial charge < -0.3 is 0 Å². The van der Waals surface area contributed by atoms with Crippen molar-refractivity contribution in [3.63, 3.8) is 0 Å². The topological polar surface area (TPSA) is 102 Å². The Labute approximate surface area is 135 Å². The maximum Gasteiger partial charge on any atom is 0.278 e. The molecule has 23 heavy (non-hydrogen) atoms. The summed E-state index contributed by atoms with van der Waals surface area (Å²) in [7, 11) is 0. The molecule has 1 N–H and O–H groups in total. The predicted molar refractivity (Wildman–Crippen MR) is 86.7 cm³/mol. The Morgan fingerprint density at radius 1 is 1.26 bits per heavy atom. The largest absolute Gasteiger partial charge is 0.278 e. The first kappa shape index (κ1) is 14.7. The molecule has 114 valence electrons. The minimum absolute atomic E-state index is 0.0308. The summed E-state index contributed by atoms with van der Waals surface area (Å²) in [4.78, 5) is 14.5. The number of nitro benzene ring substituents is 1. The van der Waals surface area contributed by atoms with Crippen LogP contribution in [0.3, 0.4) is 0 Å². The lowest BCUT2D eigenvalue weighted by Gasteiger charge is -2.00. The van der Waals surface area contributed by atoms with Crippen LogP contribution in [0.25, 0.3) is 11.4 Å². The van der Waals surface area contributed by atoms with Gasteiger partial charge in [-0.1, -0.05) is 12.1 Å². The highest BCUT2D eigenvalue weighted by Crippen LogP contribution is 2.18. The highest BCUT2D eigenvalue weighted by molar-refractivity contribution is 7.71. The third-order valence-electron chi connectivity index (χ3n) is 3.03. The molecule has 0 bridgehead atoms. The molecular formula is C14H10N6O2S. The van der Waals surface area contributed by atoms with Gasteiger partial charge in [-0.2, -0.15) is 14.9 Å². The van der Waals surface area contributed by atoms with Crippen LogP contribution >= 0.6 is 12.2 Å². The Bertz CT molecular complexity index is 932. The summed E-state index contributed by atoms with van der Waals surface area (Å²) < 4.78 is 1.69. The van der Waals surface area contributed by atoms with Crippen molar-refractivity contribution in [2.45, 2.75) is 0 Å². The Kier molecular flexibility index (Phi) is 4.02. The number of hydrogen-bond donors (Lipinski definition) is 1. The van der Waals surface area contributed by atoms with Gasteiger partial charge >= 0.3 is 0 Å². The first-order valence-electron chi connectivity index (χ1n) is 6.52. The van der Waals surface area contributed by atoms with Crippen molar-refractivity contribution >= 4 is 24.1 Å². The van der Waals surface area contributed by atoms with Crippen molar-refractivity contribution in [1.29, 1.82) is 0 Å².